The van der Waals surface area contributed by atoms with Gasteiger partial charge in [0.2, 0.25) is 0 Å². The van der Waals surface area contributed by atoms with Crippen LogP contribution in [0, 0.1) is 13.8 Å². The van der Waals surface area contributed by atoms with Crippen LogP contribution in [0.1, 0.15) is 11.4 Å². The van der Waals surface area contributed by atoms with E-state index in [1.54, 1.807) is 12.4 Å². The van der Waals surface area contributed by atoms with Gasteiger partial charge in [0, 0.05) is 22.5 Å². The molecule has 0 aliphatic carbocycles. The normalized spacial score (nSPS) is 10.4. The largest absolute Gasteiger partial charge is 0.397 e. The summed E-state index contributed by atoms with van der Waals surface area (Å²) in [4.78, 5) is 13.6. The SMILES string of the molecule is Cc1cc(C)nc(Sc2ccncc2N)n1. The van der Waals surface area contributed by atoms with E-state index < -0.39 is 0 Å². The van der Waals surface area contributed by atoms with E-state index in [0.717, 1.165) is 21.4 Å². The molecular formula is C11H12N4S. The molecule has 0 spiro atoms. The summed E-state index contributed by atoms with van der Waals surface area (Å²) in [5.74, 6) is 0. The summed E-state index contributed by atoms with van der Waals surface area (Å²) in [6.45, 7) is 3.91. The number of anilines is 1. The molecule has 2 aromatic heterocycles. The van der Waals surface area contributed by atoms with E-state index >= 15 is 0 Å². The average Bonchev–Trinajstić information content (AvgIpc) is 2.20. The van der Waals surface area contributed by atoms with Crippen molar-refractivity contribution in [1.29, 1.82) is 0 Å². The topological polar surface area (TPSA) is 64.7 Å². The maximum atomic E-state index is 5.81. The summed E-state index contributed by atoms with van der Waals surface area (Å²) < 4.78 is 0. The molecule has 0 unspecified atom stereocenters. The zero-order valence-electron chi connectivity index (χ0n) is 9.14. The molecule has 0 aliphatic heterocycles. The Morgan fingerprint density at radius 3 is 2.50 bits per heavy atom. The Kier molecular flexibility index (Phi) is 3.05. The molecule has 5 heteroatoms. The second-order valence-electron chi connectivity index (χ2n) is 3.45. The first-order chi connectivity index (χ1) is 7.65. The number of rotatable bonds is 2. The third kappa shape index (κ3) is 2.49. The van der Waals surface area contributed by atoms with Crippen molar-refractivity contribution in [1.82, 2.24) is 15.0 Å². The highest BCUT2D eigenvalue weighted by Gasteiger charge is 2.05. The molecule has 2 N–H and O–H groups in total. The highest BCUT2D eigenvalue weighted by molar-refractivity contribution is 7.99. The Bertz CT molecular complexity index is 493. The molecule has 0 radical (unpaired) electrons. The first-order valence-corrected chi connectivity index (χ1v) is 5.66. The van der Waals surface area contributed by atoms with Crippen molar-refractivity contribution in [2.24, 2.45) is 0 Å². The number of hydrogen-bond acceptors (Lipinski definition) is 5. The maximum Gasteiger partial charge on any atom is 0.192 e. The van der Waals surface area contributed by atoms with Gasteiger partial charge in [-0.15, -0.1) is 0 Å². The summed E-state index contributed by atoms with van der Waals surface area (Å²) >= 11 is 1.46. The van der Waals surface area contributed by atoms with Crippen molar-refractivity contribution >= 4 is 17.4 Å². The van der Waals surface area contributed by atoms with Crippen molar-refractivity contribution in [3.63, 3.8) is 0 Å². The predicted octanol–water partition coefficient (Wildman–Crippen LogP) is 2.22. The number of nitrogen functional groups attached to an aromatic ring is 1. The average molecular weight is 232 g/mol. The first-order valence-electron chi connectivity index (χ1n) is 4.85. The van der Waals surface area contributed by atoms with Gasteiger partial charge in [0.05, 0.1) is 11.9 Å². The molecular weight excluding hydrogens is 220 g/mol. The molecule has 0 aliphatic rings. The standard InChI is InChI=1S/C11H12N4S/c1-7-5-8(2)15-11(14-7)16-10-3-4-13-6-9(10)12/h3-6H,12H2,1-2H3. The Labute approximate surface area is 98.3 Å². The third-order valence-electron chi connectivity index (χ3n) is 1.97. The van der Waals surface area contributed by atoms with Crippen LogP contribution in [0.15, 0.2) is 34.6 Å². The fraction of sp³-hybridized carbons (Fsp3) is 0.182. The van der Waals surface area contributed by atoms with Crippen LogP contribution in [-0.2, 0) is 0 Å². The van der Waals surface area contributed by atoms with Gasteiger partial charge in [-0.05, 0) is 37.7 Å². The lowest BCUT2D eigenvalue weighted by Crippen LogP contribution is -1.94. The fourth-order valence-electron chi connectivity index (χ4n) is 1.32. The van der Waals surface area contributed by atoms with Crippen molar-refractivity contribution in [2.45, 2.75) is 23.9 Å². The fourth-order valence-corrected chi connectivity index (χ4v) is 2.20. The minimum atomic E-state index is 0.648. The van der Waals surface area contributed by atoms with E-state index in [1.165, 1.54) is 11.8 Å². The van der Waals surface area contributed by atoms with E-state index in [1.807, 2.05) is 26.0 Å². The summed E-state index contributed by atoms with van der Waals surface area (Å²) in [5, 5.41) is 0.718. The summed E-state index contributed by atoms with van der Waals surface area (Å²) in [5.41, 5.74) is 8.38. The Hall–Kier alpha value is -1.62. The molecule has 0 amide bonds. The van der Waals surface area contributed by atoms with Crippen LogP contribution in [-0.4, -0.2) is 15.0 Å². The van der Waals surface area contributed by atoms with Crippen LogP contribution >= 0.6 is 11.8 Å². The van der Waals surface area contributed by atoms with Gasteiger partial charge in [-0.3, -0.25) is 4.98 Å². The molecule has 2 aromatic rings. The quantitative estimate of drug-likeness (QED) is 0.804. The van der Waals surface area contributed by atoms with Gasteiger partial charge < -0.3 is 5.73 Å². The first kappa shape index (κ1) is 10.9. The molecule has 16 heavy (non-hydrogen) atoms. The zero-order valence-corrected chi connectivity index (χ0v) is 9.95. The lowest BCUT2D eigenvalue weighted by molar-refractivity contribution is 0.902. The highest BCUT2D eigenvalue weighted by Crippen LogP contribution is 2.28. The van der Waals surface area contributed by atoms with Gasteiger partial charge in [-0.25, -0.2) is 9.97 Å². The van der Waals surface area contributed by atoms with E-state index in [0.29, 0.717) is 5.69 Å². The molecule has 0 atom stereocenters. The Morgan fingerprint density at radius 1 is 1.19 bits per heavy atom. The van der Waals surface area contributed by atoms with Gasteiger partial charge in [0.15, 0.2) is 5.16 Å². The molecule has 4 nitrogen and oxygen atoms in total. The summed E-state index contributed by atoms with van der Waals surface area (Å²) in [6.07, 6.45) is 3.34. The highest BCUT2D eigenvalue weighted by atomic mass is 32.2. The number of aromatic nitrogens is 3. The minimum absolute atomic E-state index is 0.648. The third-order valence-corrected chi connectivity index (χ3v) is 2.93. The van der Waals surface area contributed by atoms with E-state index in [9.17, 15) is 0 Å². The van der Waals surface area contributed by atoms with E-state index in [4.69, 9.17) is 5.73 Å². The van der Waals surface area contributed by atoms with Crippen molar-refractivity contribution < 1.29 is 0 Å². The number of nitrogens with two attached hydrogens (primary N) is 1. The molecule has 0 saturated carbocycles. The van der Waals surface area contributed by atoms with Crippen molar-refractivity contribution in [3.8, 4) is 0 Å². The summed E-state index contributed by atoms with van der Waals surface area (Å²) in [7, 11) is 0. The predicted molar refractivity (Wildman–Crippen MR) is 64.3 cm³/mol. The van der Waals surface area contributed by atoms with Crippen LogP contribution in [0.25, 0.3) is 0 Å². The van der Waals surface area contributed by atoms with Gasteiger partial charge in [0.1, 0.15) is 0 Å². The van der Waals surface area contributed by atoms with E-state index in [2.05, 4.69) is 15.0 Å². The van der Waals surface area contributed by atoms with Gasteiger partial charge in [0.25, 0.3) is 0 Å². The van der Waals surface area contributed by atoms with Gasteiger partial charge in [-0.1, -0.05) is 0 Å². The Balaban J connectivity index is 2.30. The molecule has 0 saturated heterocycles. The lowest BCUT2D eigenvalue weighted by atomic mass is 10.4. The smallest absolute Gasteiger partial charge is 0.192 e. The number of hydrogen-bond donors (Lipinski definition) is 1. The van der Waals surface area contributed by atoms with Gasteiger partial charge >= 0.3 is 0 Å². The molecule has 0 aromatic carbocycles. The van der Waals surface area contributed by atoms with Crippen molar-refractivity contribution in [3.05, 3.63) is 35.9 Å². The van der Waals surface area contributed by atoms with Crippen LogP contribution in [0.2, 0.25) is 0 Å². The molecule has 2 heterocycles. The van der Waals surface area contributed by atoms with Crippen LogP contribution in [0.3, 0.4) is 0 Å². The molecule has 82 valence electrons. The lowest BCUT2D eigenvalue weighted by Gasteiger charge is -2.04. The zero-order chi connectivity index (χ0) is 11.5. The van der Waals surface area contributed by atoms with Crippen LogP contribution in [0.4, 0.5) is 5.69 Å². The molecule has 0 fully saturated rings. The molecule has 0 bridgehead atoms. The van der Waals surface area contributed by atoms with Crippen LogP contribution in [0.5, 0.6) is 0 Å². The molecule has 2 rings (SSSR count). The maximum absolute atomic E-state index is 5.81. The monoisotopic (exact) mass is 232 g/mol. The minimum Gasteiger partial charge on any atom is -0.397 e. The van der Waals surface area contributed by atoms with E-state index in [-0.39, 0.29) is 0 Å². The Morgan fingerprint density at radius 2 is 1.88 bits per heavy atom. The number of aryl methyl sites for hydroxylation is 2. The number of pyridine rings is 1. The van der Waals surface area contributed by atoms with Gasteiger partial charge in [-0.2, -0.15) is 0 Å². The van der Waals surface area contributed by atoms with Crippen molar-refractivity contribution in [2.75, 3.05) is 5.73 Å². The number of nitrogens with zero attached hydrogens (tertiary/aromatic N) is 3. The second kappa shape index (κ2) is 4.49. The van der Waals surface area contributed by atoms with Crippen LogP contribution < -0.4 is 5.73 Å². The summed E-state index contributed by atoms with van der Waals surface area (Å²) in [6, 6.07) is 3.81. The second-order valence-corrected chi connectivity index (χ2v) is 4.46.